The van der Waals surface area contributed by atoms with Gasteiger partial charge in [-0.05, 0) is 24.6 Å². The number of allylic oxidation sites excluding steroid dienone is 1. The Balaban J connectivity index is 1.59. The van der Waals surface area contributed by atoms with Crippen LogP contribution in [0.15, 0.2) is 36.0 Å². The Kier molecular flexibility index (Phi) is 2.84. The molecule has 0 aliphatic carbocycles. The van der Waals surface area contributed by atoms with Crippen molar-refractivity contribution in [2.24, 2.45) is 5.41 Å². The van der Waals surface area contributed by atoms with E-state index in [4.69, 9.17) is 0 Å². The summed E-state index contributed by atoms with van der Waals surface area (Å²) in [5.74, 6) is -0.0279. The number of carbonyl (C=O) groups is 2. The fourth-order valence-corrected chi connectivity index (χ4v) is 4.03. The van der Waals surface area contributed by atoms with Crippen molar-refractivity contribution in [1.82, 2.24) is 15.2 Å². The third kappa shape index (κ3) is 1.94. The second-order valence-corrected chi connectivity index (χ2v) is 6.91. The molecule has 3 heterocycles. The fraction of sp³-hybridized carbons (Fsp3) is 0.312. The minimum Gasteiger partial charge on any atom is -0.338 e. The highest BCUT2D eigenvalue weighted by Crippen LogP contribution is 2.40. The molecule has 112 valence electrons. The van der Waals surface area contributed by atoms with Crippen LogP contribution in [-0.4, -0.2) is 34.8 Å². The van der Waals surface area contributed by atoms with Gasteiger partial charge in [0.1, 0.15) is 0 Å². The molecule has 5 nitrogen and oxygen atoms in total. The minimum atomic E-state index is -0.475. The molecule has 2 saturated heterocycles. The molecule has 1 atom stereocenters. The summed E-state index contributed by atoms with van der Waals surface area (Å²) in [6, 6.07) is 5.59. The second kappa shape index (κ2) is 4.64. The molecule has 1 aromatic heterocycles. The molecule has 2 aliphatic heterocycles. The first-order chi connectivity index (χ1) is 10.6. The Hall–Kier alpha value is -2.21. The molecule has 2 aromatic rings. The van der Waals surface area contributed by atoms with E-state index in [9.17, 15) is 9.59 Å². The van der Waals surface area contributed by atoms with Crippen LogP contribution in [0.3, 0.4) is 0 Å². The highest BCUT2D eigenvalue weighted by molar-refractivity contribution is 7.16. The smallest absolute Gasteiger partial charge is 0.253 e. The summed E-state index contributed by atoms with van der Waals surface area (Å²) in [7, 11) is 0. The van der Waals surface area contributed by atoms with E-state index >= 15 is 0 Å². The SMILES string of the molecule is C=C1C[C@]2(CCN(C(=O)c3ccc4scnc4c3)C2)C(=O)N1. The molecular formula is C16H15N3O2S. The van der Waals surface area contributed by atoms with E-state index in [1.807, 2.05) is 18.2 Å². The van der Waals surface area contributed by atoms with E-state index in [2.05, 4.69) is 16.9 Å². The lowest BCUT2D eigenvalue weighted by molar-refractivity contribution is -0.126. The van der Waals surface area contributed by atoms with Crippen molar-refractivity contribution >= 4 is 33.4 Å². The quantitative estimate of drug-likeness (QED) is 0.877. The molecule has 4 rings (SSSR count). The average Bonchev–Trinajstić information content (AvgIpc) is 3.18. The molecule has 0 saturated carbocycles. The minimum absolute atomic E-state index is 0.00255. The lowest BCUT2D eigenvalue weighted by Gasteiger charge is -2.20. The van der Waals surface area contributed by atoms with Gasteiger partial charge in [0.05, 0.1) is 21.1 Å². The lowest BCUT2D eigenvalue weighted by atomic mass is 9.85. The number of hydrogen-bond donors (Lipinski definition) is 1. The van der Waals surface area contributed by atoms with Crippen LogP contribution in [0.5, 0.6) is 0 Å². The van der Waals surface area contributed by atoms with Crippen LogP contribution in [0, 0.1) is 5.41 Å². The summed E-state index contributed by atoms with van der Waals surface area (Å²) < 4.78 is 1.07. The maximum Gasteiger partial charge on any atom is 0.253 e. The summed E-state index contributed by atoms with van der Waals surface area (Å²) in [6.07, 6.45) is 1.32. The molecule has 1 aromatic carbocycles. The van der Waals surface area contributed by atoms with Crippen LogP contribution < -0.4 is 5.32 Å². The Bertz CT molecular complexity index is 813. The van der Waals surface area contributed by atoms with E-state index in [1.165, 1.54) is 0 Å². The summed E-state index contributed by atoms with van der Waals surface area (Å²) in [5, 5.41) is 2.79. The number of nitrogens with zero attached hydrogens (tertiary/aromatic N) is 2. The number of carbonyl (C=O) groups excluding carboxylic acids is 2. The Labute approximate surface area is 131 Å². The molecule has 2 fully saturated rings. The zero-order valence-electron chi connectivity index (χ0n) is 12.0. The first kappa shape index (κ1) is 13.5. The average molecular weight is 313 g/mol. The van der Waals surface area contributed by atoms with Gasteiger partial charge in [0.15, 0.2) is 0 Å². The molecule has 2 aliphatic rings. The maximum absolute atomic E-state index is 12.7. The second-order valence-electron chi connectivity index (χ2n) is 6.03. The van der Waals surface area contributed by atoms with Crippen molar-refractivity contribution in [2.45, 2.75) is 12.8 Å². The van der Waals surface area contributed by atoms with Crippen molar-refractivity contribution in [1.29, 1.82) is 0 Å². The van der Waals surface area contributed by atoms with E-state index < -0.39 is 5.41 Å². The first-order valence-electron chi connectivity index (χ1n) is 7.19. The van der Waals surface area contributed by atoms with Gasteiger partial charge in [-0.2, -0.15) is 0 Å². The van der Waals surface area contributed by atoms with E-state index in [0.29, 0.717) is 31.5 Å². The van der Waals surface area contributed by atoms with Crippen molar-refractivity contribution in [2.75, 3.05) is 13.1 Å². The summed E-state index contributed by atoms with van der Waals surface area (Å²) >= 11 is 1.56. The van der Waals surface area contributed by atoms with Crippen LogP contribution >= 0.6 is 11.3 Å². The van der Waals surface area contributed by atoms with Gasteiger partial charge in [-0.3, -0.25) is 9.59 Å². The monoisotopic (exact) mass is 313 g/mol. The largest absolute Gasteiger partial charge is 0.338 e. The predicted molar refractivity (Wildman–Crippen MR) is 84.5 cm³/mol. The molecule has 1 N–H and O–H groups in total. The lowest BCUT2D eigenvalue weighted by Crippen LogP contribution is -2.36. The zero-order chi connectivity index (χ0) is 15.3. The molecule has 0 bridgehead atoms. The Morgan fingerprint density at radius 1 is 1.45 bits per heavy atom. The van der Waals surface area contributed by atoms with Crippen molar-refractivity contribution < 1.29 is 9.59 Å². The molecule has 6 heteroatoms. The number of amides is 2. The normalized spacial score (nSPS) is 24.5. The first-order valence-corrected chi connectivity index (χ1v) is 8.07. The number of nitrogens with one attached hydrogen (secondary N) is 1. The number of aromatic nitrogens is 1. The van der Waals surface area contributed by atoms with Gasteiger partial charge in [0.2, 0.25) is 5.91 Å². The summed E-state index contributed by atoms with van der Waals surface area (Å²) in [6.45, 7) is 4.91. The van der Waals surface area contributed by atoms with Gasteiger partial charge in [-0.25, -0.2) is 4.98 Å². The Morgan fingerprint density at radius 3 is 3.09 bits per heavy atom. The standard InChI is InChI=1S/C16H15N3O2S/c1-10-7-16(15(21)18-10)4-5-19(8-16)14(20)11-2-3-13-12(6-11)17-9-22-13/h2-3,6,9H,1,4-5,7-8H2,(H,18,21)/t16-/m0/s1. The fourth-order valence-electron chi connectivity index (χ4n) is 3.37. The number of hydrogen-bond acceptors (Lipinski definition) is 4. The number of fused-ring (bicyclic) bond motifs is 1. The van der Waals surface area contributed by atoms with E-state index in [0.717, 1.165) is 15.9 Å². The highest BCUT2D eigenvalue weighted by Gasteiger charge is 2.49. The van der Waals surface area contributed by atoms with Crippen LogP contribution in [-0.2, 0) is 4.79 Å². The molecular weight excluding hydrogens is 298 g/mol. The number of thiazole rings is 1. The van der Waals surface area contributed by atoms with Crippen molar-refractivity contribution in [3.63, 3.8) is 0 Å². The van der Waals surface area contributed by atoms with E-state index in [-0.39, 0.29) is 11.8 Å². The van der Waals surface area contributed by atoms with E-state index in [1.54, 1.807) is 21.7 Å². The van der Waals surface area contributed by atoms with Gasteiger partial charge >= 0.3 is 0 Å². The zero-order valence-corrected chi connectivity index (χ0v) is 12.8. The van der Waals surface area contributed by atoms with Gasteiger partial charge in [-0.15, -0.1) is 11.3 Å². The molecule has 2 amide bonds. The molecule has 0 radical (unpaired) electrons. The van der Waals surface area contributed by atoms with Gasteiger partial charge < -0.3 is 10.2 Å². The van der Waals surface area contributed by atoms with Crippen LogP contribution in [0.1, 0.15) is 23.2 Å². The van der Waals surface area contributed by atoms with Crippen LogP contribution in [0.2, 0.25) is 0 Å². The third-order valence-electron chi connectivity index (χ3n) is 4.54. The van der Waals surface area contributed by atoms with Crippen molar-refractivity contribution in [3.05, 3.63) is 41.5 Å². The topological polar surface area (TPSA) is 62.3 Å². The third-order valence-corrected chi connectivity index (χ3v) is 5.35. The Morgan fingerprint density at radius 2 is 2.32 bits per heavy atom. The van der Waals surface area contributed by atoms with Crippen LogP contribution in [0.25, 0.3) is 10.2 Å². The van der Waals surface area contributed by atoms with Gasteiger partial charge in [0.25, 0.3) is 5.91 Å². The summed E-state index contributed by atoms with van der Waals surface area (Å²) in [5.41, 5.74) is 3.53. The van der Waals surface area contributed by atoms with Gasteiger partial charge in [0, 0.05) is 30.8 Å². The molecule has 0 unspecified atom stereocenters. The van der Waals surface area contributed by atoms with Gasteiger partial charge in [-0.1, -0.05) is 6.58 Å². The molecule has 1 spiro atoms. The predicted octanol–water partition coefficient (Wildman–Crippen LogP) is 2.16. The number of rotatable bonds is 1. The highest BCUT2D eigenvalue weighted by atomic mass is 32.1. The number of likely N-dealkylation sites (tertiary alicyclic amines) is 1. The number of benzene rings is 1. The maximum atomic E-state index is 12.7. The van der Waals surface area contributed by atoms with Crippen LogP contribution in [0.4, 0.5) is 0 Å². The van der Waals surface area contributed by atoms with Crippen molar-refractivity contribution in [3.8, 4) is 0 Å². The molecule has 22 heavy (non-hydrogen) atoms. The summed E-state index contributed by atoms with van der Waals surface area (Å²) in [4.78, 5) is 30.8.